The minimum absolute atomic E-state index is 0.223. The van der Waals surface area contributed by atoms with Crippen LogP contribution in [0.1, 0.15) is 12.8 Å². The van der Waals surface area contributed by atoms with Crippen molar-refractivity contribution in [2.45, 2.75) is 24.9 Å². The third-order valence-corrected chi connectivity index (χ3v) is 3.57. The van der Waals surface area contributed by atoms with Crippen molar-refractivity contribution in [3.05, 3.63) is 11.8 Å². The molecule has 2 atom stereocenters. The minimum atomic E-state index is 0.223. The Kier molecular flexibility index (Phi) is 4.15. The number of nitrogens with zero attached hydrogens (tertiary/aromatic N) is 2. The van der Waals surface area contributed by atoms with Gasteiger partial charge in [-0.25, -0.2) is 0 Å². The maximum Gasteiger partial charge on any atom is 0.213 e. The van der Waals surface area contributed by atoms with Crippen LogP contribution in [0.25, 0.3) is 0 Å². The molecule has 3 aliphatic rings. The number of carbonyl (C=O) groups excluding carboxylic acids is 1. The smallest absolute Gasteiger partial charge is 0.213 e. The number of morpholine rings is 1. The van der Waals surface area contributed by atoms with E-state index in [1.54, 1.807) is 4.90 Å². The Morgan fingerprint density at radius 3 is 2.53 bits per heavy atom. The molecule has 1 saturated heterocycles. The van der Waals surface area contributed by atoms with Crippen LogP contribution >= 0.6 is 0 Å². The minimum Gasteiger partial charge on any atom is -0.379 e. The third-order valence-electron chi connectivity index (χ3n) is 3.57. The van der Waals surface area contributed by atoms with Crippen LogP contribution in [-0.4, -0.2) is 61.6 Å². The van der Waals surface area contributed by atoms with Crippen molar-refractivity contribution in [3.63, 3.8) is 0 Å². The van der Waals surface area contributed by atoms with Crippen LogP contribution in [-0.2, 0) is 9.53 Å². The van der Waals surface area contributed by atoms with Crippen LogP contribution in [0, 0.1) is 0 Å². The zero-order valence-corrected chi connectivity index (χ0v) is 10.3. The molecule has 0 aromatic heterocycles. The van der Waals surface area contributed by atoms with Crippen LogP contribution in [0.5, 0.6) is 0 Å². The normalized spacial score (nSPS) is 31.9. The first-order valence-electron chi connectivity index (χ1n) is 6.16. The van der Waals surface area contributed by atoms with E-state index in [2.05, 4.69) is 11.9 Å². The van der Waals surface area contributed by atoms with Crippen molar-refractivity contribution in [2.75, 3.05) is 33.4 Å². The summed E-state index contributed by atoms with van der Waals surface area (Å²) in [6, 6.07) is 0.601. The summed E-state index contributed by atoms with van der Waals surface area (Å²) in [7, 11) is 2.11. The SMILES string of the molecule is CN1CCOCC1.NC1CC2CC1=CN2C=O. The summed E-state index contributed by atoms with van der Waals surface area (Å²) in [6.45, 7) is 4.02. The van der Waals surface area contributed by atoms with Gasteiger partial charge in [0.1, 0.15) is 0 Å². The Morgan fingerprint density at radius 1 is 1.47 bits per heavy atom. The van der Waals surface area contributed by atoms with E-state index in [1.807, 2.05) is 6.20 Å². The zero-order valence-electron chi connectivity index (χ0n) is 10.3. The molecule has 2 fully saturated rings. The number of hydrogen-bond donors (Lipinski definition) is 1. The van der Waals surface area contributed by atoms with Gasteiger partial charge in [-0.1, -0.05) is 0 Å². The molecule has 3 rings (SSSR count). The van der Waals surface area contributed by atoms with Gasteiger partial charge in [0.25, 0.3) is 0 Å². The lowest BCUT2D eigenvalue weighted by molar-refractivity contribution is -0.117. The fourth-order valence-electron chi connectivity index (χ4n) is 2.39. The van der Waals surface area contributed by atoms with Gasteiger partial charge in [-0.15, -0.1) is 0 Å². The predicted octanol–water partition coefficient (Wildman–Crippen LogP) is -0.220. The number of nitrogens with two attached hydrogens (primary N) is 1. The Morgan fingerprint density at radius 2 is 2.18 bits per heavy atom. The Labute approximate surface area is 102 Å². The van der Waals surface area contributed by atoms with Crippen molar-refractivity contribution in [3.8, 4) is 0 Å². The standard InChI is InChI=1S/C7H10N2O.C5H11NO/c8-7-2-6-1-5(7)3-9(6)4-10;1-6-2-4-7-5-3-6/h3-4,6-7H,1-2,8H2;2-5H2,1H3. The molecule has 1 saturated carbocycles. The highest BCUT2D eigenvalue weighted by Gasteiger charge is 2.35. The van der Waals surface area contributed by atoms with Gasteiger partial charge in [0.15, 0.2) is 0 Å². The van der Waals surface area contributed by atoms with Crippen molar-refractivity contribution < 1.29 is 9.53 Å². The molecule has 1 amide bonds. The summed E-state index contributed by atoms with van der Waals surface area (Å²) >= 11 is 0. The van der Waals surface area contributed by atoms with E-state index < -0.39 is 0 Å². The molecular weight excluding hydrogens is 218 g/mol. The monoisotopic (exact) mass is 239 g/mol. The maximum atomic E-state index is 10.3. The van der Waals surface area contributed by atoms with Crippen molar-refractivity contribution >= 4 is 6.41 Å². The highest BCUT2D eigenvalue weighted by Crippen LogP contribution is 2.33. The summed E-state index contributed by atoms with van der Waals surface area (Å²) in [6.07, 6.45) is 4.71. The van der Waals surface area contributed by atoms with E-state index in [0.29, 0.717) is 6.04 Å². The van der Waals surface area contributed by atoms with Gasteiger partial charge in [0.2, 0.25) is 6.41 Å². The first-order chi connectivity index (χ1) is 8.20. The molecule has 5 heteroatoms. The summed E-state index contributed by atoms with van der Waals surface area (Å²) < 4.78 is 5.10. The second-order valence-electron chi connectivity index (χ2n) is 4.87. The lowest BCUT2D eigenvalue weighted by Gasteiger charge is -2.21. The topological polar surface area (TPSA) is 58.8 Å². The van der Waals surface area contributed by atoms with E-state index in [-0.39, 0.29) is 6.04 Å². The molecule has 96 valence electrons. The molecule has 1 aliphatic carbocycles. The van der Waals surface area contributed by atoms with E-state index >= 15 is 0 Å². The molecule has 0 aromatic rings. The van der Waals surface area contributed by atoms with Gasteiger partial charge in [-0.2, -0.15) is 0 Å². The average Bonchev–Trinajstić information content (AvgIpc) is 2.89. The predicted molar refractivity (Wildman–Crippen MR) is 65.3 cm³/mol. The molecule has 17 heavy (non-hydrogen) atoms. The Bertz CT molecular complexity index is 300. The first-order valence-corrected chi connectivity index (χ1v) is 6.16. The first kappa shape index (κ1) is 12.5. The van der Waals surface area contributed by atoms with Gasteiger partial charge in [0, 0.05) is 31.4 Å². The second kappa shape index (κ2) is 5.62. The lowest BCUT2D eigenvalue weighted by atomic mass is 10.1. The van der Waals surface area contributed by atoms with Crippen LogP contribution in [0.4, 0.5) is 0 Å². The fraction of sp³-hybridized carbons (Fsp3) is 0.750. The number of fused-ring (bicyclic) bond motifs is 2. The lowest BCUT2D eigenvalue weighted by Crippen LogP contribution is -2.32. The fourth-order valence-corrected chi connectivity index (χ4v) is 2.39. The largest absolute Gasteiger partial charge is 0.379 e. The zero-order chi connectivity index (χ0) is 12.3. The number of hydrogen-bond acceptors (Lipinski definition) is 4. The van der Waals surface area contributed by atoms with Crippen LogP contribution < -0.4 is 5.73 Å². The number of amides is 1. The number of likely N-dealkylation sites (N-methyl/N-ethyl adjacent to an activating group) is 1. The van der Waals surface area contributed by atoms with Crippen molar-refractivity contribution in [1.82, 2.24) is 9.80 Å². The maximum absolute atomic E-state index is 10.3. The van der Waals surface area contributed by atoms with Crippen molar-refractivity contribution in [1.29, 1.82) is 0 Å². The second-order valence-corrected chi connectivity index (χ2v) is 4.87. The molecule has 2 N–H and O–H groups in total. The number of ether oxygens (including phenoxy) is 1. The third kappa shape index (κ3) is 3.06. The van der Waals surface area contributed by atoms with Gasteiger partial charge in [-0.05, 0) is 25.5 Å². The molecule has 0 radical (unpaired) electrons. The highest BCUT2D eigenvalue weighted by molar-refractivity contribution is 5.53. The van der Waals surface area contributed by atoms with Gasteiger partial charge in [-0.3, -0.25) is 4.79 Å². The average molecular weight is 239 g/mol. The summed E-state index contributed by atoms with van der Waals surface area (Å²) in [5, 5.41) is 0. The van der Waals surface area contributed by atoms with Gasteiger partial charge >= 0.3 is 0 Å². The quantitative estimate of drug-likeness (QED) is 0.643. The van der Waals surface area contributed by atoms with Gasteiger partial charge in [0.05, 0.1) is 13.2 Å². The summed E-state index contributed by atoms with van der Waals surface area (Å²) in [5.41, 5.74) is 6.96. The van der Waals surface area contributed by atoms with Crippen LogP contribution in [0.15, 0.2) is 11.8 Å². The number of rotatable bonds is 1. The molecule has 2 bridgehead atoms. The molecule has 0 spiro atoms. The molecule has 2 unspecified atom stereocenters. The Hall–Kier alpha value is -0.910. The number of carbonyl (C=O) groups is 1. The van der Waals surface area contributed by atoms with E-state index in [1.165, 1.54) is 5.57 Å². The van der Waals surface area contributed by atoms with Gasteiger partial charge < -0.3 is 20.3 Å². The summed E-state index contributed by atoms with van der Waals surface area (Å²) in [4.78, 5) is 14.3. The molecule has 2 heterocycles. The molecule has 0 aromatic carbocycles. The van der Waals surface area contributed by atoms with E-state index in [9.17, 15) is 4.79 Å². The van der Waals surface area contributed by atoms with E-state index in [0.717, 1.165) is 45.6 Å². The molecule has 5 nitrogen and oxygen atoms in total. The van der Waals surface area contributed by atoms with E-state index in [4.69, 9.17) is 10.5 Å². The van der Waals surface area contributed by atoms with Crippen molar-refractivity contribution in [2.24, 2.45) is 5.73 Å². The van der Waals surface area contributed by atoms with Crippen LogP contribution in [0.3, 0.4) is 0 Å². The van der Waals surface area contributed by atoms with Crippen LogP contribution in [0.2, 0.25) is 0 Å². The molecule has 2 aliphatic heterocycles. The summed E-state index contributed by atoms with van der Waals surface area (Å²) in [5.74, 6) is 0. The molecular formula is C12H21N3O2. The Balaban J connectivity index is 0.000000136. The highest BCUT2D eigenvalue weighted by atomic mass is 16.5.